The van der Waals surface area contributed by atoms with Crippen LogP contribution < -0.4 is 10.2 Å². The second-order valence-corrected chi connectivity index (χ2v) is 7.90. The van der Waals surface area contributed by atoms with Crippen LogP contribution in [-0.4, -0.2) is 29.9 Å². The predicted molar refractivity (Wildman–Crippen MR) is 121 cm³/mol. The molecule has 156 valence electrons. The van der Waals surface area contributed by atoms with Gasteiger partial charge < -0.3 is 14.7 Å². The van der Waals surface area contributed by atoms with Crippen molar-refractivity contribution in [3.63, 3.8) is 0 Å². The fourth-order valence-electron chi connectivity index (χ4n) is 3.48. The Morgan fingerprint density at radius 1 is 1.19 bits per heavy atom. The van der Waals surface area contributed by atoms with Crippen molar-refractivity contribution in [2.75, 3.05) is 17.3 Å². The molecule has 7 heteroatoms. The molecule has 0 radical (unpaired) electrons. The number of nitrogens with one attached hydrogen (secondary N) is 1. The second-order valence-electron chi connectivity index (χ2n) is 7.90. The lowest BCUT2D eigenvalue weighted by Gasteiger charge is -2.25. The fraction of sp³-hybridized carbons (Fsp3) is 0.250. The molecule has 4 rings (SSSR count). The van der Waals surface area contributed by atoms with E-state index in [-0.39, 0.29) is 18.4 Å². The minimum absolute atomic E-state index is 0.130. The van der Waals surface area contributed by atoms with E-state index >= 15 is 0 Å². The van der Waals surface area contributed by atoms with Gasteiger partial charge in [-0.05, 0) is 44.5 Å². The number of carbonyl (C=O) groups excluding carboxylic acids is 1. The lowest BCUT2D eigenvalue weighted by atomic mass is 10.0. The van der Waals surface area contributed by atoms with Crippen LogP contribution in [-0.2, 0) is 4.79 Å². The van der Waals surface area contributed by atoms with Gasteiger partial charge in [-0.15, -0.1) is 0 Å². The Bertz CT molecular complexity index is 1230. The zero-order valence-electron chi connectivity index (χ0n) is 17.9. The van der Waals surface area contributed by atoms with Crippen LogP contribution in [0.15, 0.2) is 52.0 Å². The first-order valence-electron chi connectivity index (χ1n) is 10.1. The molecule has 2 heterocycles. The van der Waals surface area contributed by atoms with Gasteiger partial charge in [-0.25, -0.2) is 0 Å². The molecule has 1 N–H and O–H groups in total. The second kappa shape index (κ2) is 8.07. The van der Waals surface area contributed by atoms with E-state index in [1.807, 2.05) is 55.3 Å². The van der Waals surface area contributed by atoms with E-state index in [4.69, 9.17) is 9.52 Å². The number of nitriles is 1. The van der Waals surface area contributed by atoms with E-state index in [9.17, 15) is 10.1 Å². The molecule has 3 aromatic rings. The van der Waals surface area contributed by atoms with Crippen molar-refractivity contribution in [1.29, 1.82) is 5.26 Å². The summed E-state index contributed by atoms with van der Waals surface area (Å²) >= 11 is 0. The van der Waals surface area contributed by atoms with Crippen LogP contribution in [0.1, 0.15) is 37.1 Å². The summed E-state index contributed by atoms with van der Waals surface area (Å²) in [6, 6.07) is 15.6. The van der Waals surface area contributed by atoms with E-state index in [2.05, 4.69) is 30.4 Å². The highest BCUT2D eigenvalue weighted by Crippen LogP contribution is 2.36. The number of hydrogen-bond acceptors (Lipinski definition) is 6. The number of carbonyl (C=O) groups is 1. The van der Waals surface area contributed by atoms with Crippen LogP contribution in [0.3, 0.4) is 0 Å². The van der Waals surface area contributed by atoms with E-state index < -0.39 is 0 Å². The Morgan fingerprint density at radius 3 is 2.65 bits per heavy atom. The van der Waals surface area contributed by atoms with Gasteiger partial charge in [0.15, 0.2) is 5.76 Å². The summed E-state index contributed by atoms with van der Waals surface area (Å²) in [7, 11) is 1.94. The zero-order chi connectivity index (χ0) is 22.1. The highest BCUT2D eigenvalue weighted by molar-refractivity contribution is 6.17. The molecule has 0 unspecified atom stereocenters. The largest absolute Gasteiger partial charge is 0.371 e. The van der Waals surface area contributed by atoms with Crippen LogP contribution >= 0.6 is 0 Å². The van der Waals surface area contributed by atoms with Gasteiger partial charge in [-0.3, -0.25) is 9.79 Å². The van der Waals surface area contributed by atoms with Gasteiger partial charge in [0.1, 0.15) is 6.07 Å². The topological polar surface area (TPSA) is 94.5 Å². The highest BCUT2D eigenvalue weighted by atomic mass is 16.5. The molecule has 31 heavy (non-hydrogen) atoms. The molecule has 0 fully saturated rings. The number of nitrogens with zero attached hydrogens (tertiary/aromatic N) is 4. The van der Waals surface area contributed by atoms with Crippen LogP contribution in [0.2, 0.25) is 0 Å². The quantitative estimate of drug-likeness (QED) is 0.661. The van der Waals surface area contributed by atoms with Crippen LogP contribution in [0, 0.1) is 18.3 Å². The maximum absolute atomic E-state index is 12.6. The Labute approximate surface area is 181 Å². The molecule has 0 saturated heterocycles. The SMILES string of the molecule is Cc1cc(-c2cccc(C3=Nc4cc(N(C)C(C)C)c(C#N)cc4NC(=O)C3)c2)on1. The first-order valence-corrected chi connectivity index (χ1v) is 10.1. The summed E-state index contributed by atoms with van der Waals surface area (Å²) in [5.41, 5.74) is 5.59. The Balaban J connectivity index is 1.82. The molecular formula is C24H23N5O2. The van der Waals surface area contributed by atoms with Gasteiger partial charge in [-0.1, -0.05) is 23.4 Å². The summed E-state index contributed by atoms with van der Waals surface area (Å²) in [6.45, 7) is 5.98. The number of aromatic nitrogens is 1. The number of fused-ring (bicyclic) bond motifs is 1. The third kappa shape index (κ3) is 4.05. The van der Waals surface area contributed by atoms with E-state index in [1.54, 1.807) is 6.07 Å². The van der Waals surface area contributed by atoms with E-state index in [0.29, 0.717) is 28.4 Å². The number of aliphatic imine (C=N–C) groups is 1. The van der Waals surface area contributed by atoms with Crippen LogP contribution in [0.25, 0.3) is 11.3 Å². The number of rotatable bonds is 4. The smallest absolute Gasteiger partial charge is 0.230 e. The Kier molecular flexibility index (Phi) is 5.30. The zero-order valence-corrected chi connectivity index (χ0v) is 17.9. The minimum Gasteiger partial charge on any atom is -0.371 e. The average molecular weight is 413 g/mol. The first kappa shape index (κ1) is 20.4. The van der Waals surface area contributed by atoms with Crippen molar-refractivity contribution in [1.82, 2.24) is 5.16 Å². The van der Waals surface area contributed by atoms with Crippen molar-refractivity contribution in [3.8, 4) is 17.4 Å². The van der Waals surface area contributed by atoms with Crippen molar-refractivity contribution >= 4 is 28.7 Å². The molecule has 1 amide bonds. The number of aryl methyl sites for hydroxylation is 1. The van der Waals surface area contributed by atoms with Gasteiger partial charge in [0.25, 0.3) is 0 Å². The van der Waals surface area contributed by atoms with Gasteiger partial charge >= 0.3 is 0 Å². The van der Waals surface area contributed by atoms with Crippen molar-refractivity contribution in [2.24, 2.45) is 4.99 Å². The summed E-state index contributed by atoms with van der Waals surface area (Å²) < 4.78 is 5.38. The lowest BCUT2D eigenvalue weighted by Crippen LogP contribution is -2.26. The molecule has 1 aliphatic heterocycles. The maximum atomic E-state index is 12.6. The van der Waals surface area contributed by atoms with Gasteiger partial charge in [0, 0.05) is 24.7 Å². The molecule has 0 bridgehead atoms. The van der Waals surface area contributed by atoms with E-state index in [1.165, 1.54) is 0 Å². The van der Waals surface area contributed by atoms with Crippen molar-refractivity contribution in [3.05, 3.63) is 59.3 Å². The highest BCUT2D eigenvalue weighted by Gasteiger charge is 2.21. The number of benzene rings is 2. The first-order chi connectivity index (χ1) is 14.9. The molecule has 1 aromatic heterocycles. The average Bonchev–Trinajstić information content (AvgIpc) is 3.12. The molecular weight excluding hydrogens is 390 g/mol. The molecule has 0 spiro atoms. The van der Waals surface area contributed by atoms with Crippen LogP contribution in [0.4, 0.5) is 17.1 Å². The van der Waals surface area contributed by atoms with Crippen molar-refractivity contribution in [2.45, 2.75) is 33.2 Å². The van der Waals surface area contributed by atoms with Crippen molar-refractivity contribution < 1.29 is 9.32 Å². The maximum Gasteiger partial charge on any atom is 0.230 e. The molecule has 0 atom stereocenters. The minimum atomic E-state index is -0.174. The fourth-order valence-corrected chi connectivity index (χ4v) is 3.48. The summed E-state index contributed by atoms with van der Waals surface area (Å²) in [5, 5.41) is 16.5. The monoisotopic (exact) mass is 413 g/mol. The molecule has 0 saturated carbocycles. The number of anilines is 2. The van der Waals surface area contributed by atoms with E-state index in [0.717, 1.165) is 22.5 Å². The summed E-state index contributed by atoms with van der Waals surface area (Å²) in [5.74, 6) is 0.491. The standard InChI is InChI=1S/C24H23N5O2/c1-14(2)29(4)22-11-21-20(10-18(22)13-25)27-24(30)12-19(26-21)16-6-5-7-17(9-16)23-8-15(3)28-31-23/h5-11,14H,12H2,1-4H3,(H,27,30). The Hall–Kier alpha value is -3.92. The van der Waals surface area contributed by atoms with Gasteiger partial charge in [0.05, 0.1) is 40.5 Å². The summed E-state index contributed by atoms with van der Waals surface area (Å²) in [6.07, 6.45) is 0.130. The van der Waals surface area contributed by atoms with Gasteiger partial charge in [0.2, 0.25) is 5.91 Å². The molecule has 2 aromatic carbocycles. The predicted octanol–water partition coefficient (Wildman–Crippen LogP) is 4.83. The third-order valence-corrected chi connectivity index (χ3v) is 5.35. The normalized spacial score (nSPS) is 13.2. The summed E-state index contributed by atoms with van der Waals surface area (Å²) in [4.78, 5) is 19.5. The molecule has 7 nitrogen and oxygen atoms in total. The van der Waals surface area contributed by atoms with Crippen LogP contribution in [0.5, 0.6) is 0 Å². The third-order valence-electron chi connectivity index (χ3n) is 5.35. The Morgan fingerprint density at radius 2 is 1.97 bits per heavy atom. The lowest BCUT2D eigenvalue weighted by molar-refractivity contribution is -0.115. The van der Waals surface area contributed by atoms with Gasteiger partial charge in [-0.2, -0.15) is 5.26 Å². The molecule has 0 aliphatic carbocycles. The number of hydrogen-bond donors (Lipinski definition) is 1. The number of amides is 1. The molecule has 1 aliphatic rings.